The minimum atomic E-state index is -3.23. The summed E-state index contributed by atoms with van der Waals surface area (Å²) in [6.07, 6.45) is -0.635. The number of halogens is 1. The van der Waals surface area contributed by atoms with Crippen LogP contribution < -0.4 is 15.9 Å². The maximum absolute atomic E-state index is 11.7. The van der Waals surface area contributed by atoms with Gasteiger partial charge in [0.05, 0.1) is 0 Å². The normalized spacial score (nSPS) is 15.0. The Bertz CT molecular complexity index is 985. The summed E-state index contributed by atoms with van der Waals surface area (Å²) in [4.78, 5) is 0. The molecule has 0 radical (unpaired) electrons. The Morgan fingerprint density at radius 3 is 1.20 bits per heavy atom. The van der Waals surface area contributed by atoms with Gasteiger partial charge in [0.25, 0.3) is 0 Å². The van der Waals surface area contributed by atoms with E-state index < -0.39 is 11.4 Å². The van der Waals surface area contributed by atoms with E-state index in [2.05, 4.69) is 95.2 Å². The van der Waals surface area contributed by atoms with Gasteiger partial charge in [-0.1, -0.05) is 0 Å². The summed E-state index contributed by atoms with van der Waals surface area (Å²) in [6.45, 7) is 2.18. The van der Waals surface area contributed by atoms with Crippen molar-refractivity contribution >= 4 is 36.7 Å². The molecule has 4 aromatic rings. The zero-order valence-corrected chi connectivity index (χ0v) is 19.5. The molecule has 4 rings (SSSR count). The Morgan fingerprint density at radius 1 is 0.567 bits per heavy atom. The molecule has 0 amide bonds. The fourth-order valence-electron chi connectivity index (χ4n) is 4.50. The van der Waals surface area contributed by atoms with Gasteiger partial charge in [0.15, 0.2) is 0 Å². The third kappa shape index (κ3) is 3.24. The Balaban J connectivity index is 2.09. The molecule has 0 aliphatic heterocycles. The molecule has 3 heteroatoms. The van der Waals surface area contributed by atoms with Crippen molar-refractivity contribution in [2.75, 3.05) is 0 Å². The number of benzene rings is 4. The average molecular weight is 477 g/mol. The Hall–Kier alpha value is -2.25. The number of hydrogen-bond acceptors (Lipinski definition) is 1. The van der Waals surface area contributed by atoms with Gasteiger partial charge in [0.2, 0.25) is 0 Å². The first-order chi connectivity index (χ1) is 14.6. The molecule has 30 heavy (non-hydrogen) atoms. The number of rotatable bonds is 6. The van der Waals surface area contributed by atoms with Crippen LogP contribution in [0.15, 0.2) is 121 Å². The van der Waals surface area contributed by atoms with E-state index in [1.807, 2.05) is 48.5 Å². The number of aliphatic hydroxyl groups is 1. The Kier molecular flexibility index (Phi) is 5.93. The predicted octanol–water partition coefficient (Wildman–Crippen LogP) is 5.95. The third-order valence-corrected chi connectivity index (χ3v) is 17.5. The molecule has 0 aliphatic rings. The third-order valence-electron chi connectivity index (χ3n) is 6.15. The van der Waals surface area contributed by atoms with Crippen LogP contribution in [0.3, 0.4) is 0 Å². The standard InChI is InChI=1S/C27H26BrOP/c1-22(27(29)23-14-6-2-7-15-23)30(28,24-16-8-3-9-17-24,25-18-10-4-11-19-25)26-20-12-5-13-21-26/h2-22,27,29H,1H3/t22-,27-/m1/s1. The van der Waals surface area contributed by atoms with Gasteiger partial charge in [-0.05, 0) is 0 Å². The van der Waals surface area contributed by atoms with Crippen LogP contribution in [0.2, 0.25) is 0 Å². The van der Waals surface area contributed by atoms with E-state index in [4.69, 9.17) is 0 Å². The van der Waals surface area contributed by atoms with E-state index in [9.17, 15) is 5.11 Å². The van der Waals surface area contributed by atoms with E-state index in [-0.39, 0.29) is 5.66 Å². The van der Waals surface area contributed by atoms with Gasteiger partial charge < -0.3 is 0 Å². The van der Waals surface area contributed by atoms with Gasteiger partial charge in [-0.3, -0.25) is 0 Å². The van der Waals surface area contributed by atoms with Crippen molar-refractivity contribution in [1.82, 2.24) is 0 Å². The van der Waals surface area contributed by atoms with Crippen LogP contribution in [0.5, 0.6) is 0 Å². The first-order valence-electron chi connectivity index (χ1n) is 10.2. The molecule has 152 valence electrons. The van der Waals surface area contributed by atoms with Gasteiger partial charge in [0, 0.05) is 0 Å². The van der Waals surface area contributed by atoms with Gasteiger partial charge in [-0.2, -0.15) is 0 Å². The van der Waals surface area contributed by atoms with Crippen molar-refractivity contribution in [2.45, 2.75) is 18.7 Å². The maximum atomic E-state index is 11.7. The molecular weight excluding hydrogens is 451 g/mol. The molecular formula is C27H26BrOP. The summed E-state index contributed by atoms with van der Waals surface area (Å²) in [5.74, 6) is 0. The van der Waals surface area contributed by atoms with E-state index in [0.717, 1.165) is 5.56 Å². The van der Waals surface area contributed by atoms with Gasteiger partial charge >= 0.3 is 187 Å². The topological polar surface area (TPSA) is 20.2 Å². The fourth-order valence-corrected chi connectivity index (χ4v) is 12.6. The summed E-state index contributed by atoms with van der Waals surface area (Å²) in [6, 6.07) is 41.8. The summed E-state index contributed by atoms with van der Waals surface area (Å²) >= 11 is 4.45. The van der Waals surface area contributed by atoms with Crippen LogP contribution in [0, 0.1) is 0 Å². The van der Waals surface area contributed by atoms with Crippen LogP contribution in [-0.4, -0.2) is 10.8 Å². The summed E-state index contributed by atoms with van der Waals surface area (Å²) < 4.78 is 0. The van der Waals surface area contributed by atoms with Gasteiger partial charge in [0.1, 0.15) is 0 Å². The monoisotopic (exact) mass is 476 g/mol. The first kappa shape index (κ1) is 21.0. The molecule has 1 nitrogen and oxygen atoms in total. The Labute approximate surface area is 187 Å². The zero-order valence-electron chi connectivity index (χ0n) is 17.0. The average Bonchev–Trinajstić information content (AvgIpc) is 2.85. The molecule has 0 saturated carbocycles. The predicted molar refractivity (Wildman–Crippen MR) is 135 cm³/mol. The molecule has 0 aliphatic carbocycles. The van der Waals surface area contributed by atoms with Crippen molar-refractivity contribution in [3.8, 4) is 0 Å². The summed E-state index contributed by atoms with van der Waals surface area (Å²) in [7, 11) is 0. The molecule has 0 bridgehead atoms. The van der Waals surface area contributed by atoms with Gasteiger partial charge in [-0.15, -0.1) is 0 Å². The number of aliphatic hydroxyl groups excluding tert-OH is 1. The van der Waals surface area contributed by atoms with Crippen LogP contribution in [0.1, 0.15) is 18.6 Å². The molecule has 2 atom stereocenters. The molecule has 0 saturated heterocycles. The first-order valence-corrected chi connectivity index (χ1v) is 14.5. The van der Waals surface area contributed by atoms with E-state index in [1.165, 1.54) is 15.9 Å². The summed E-state index contributed by atoms with van der Waals surface area (Å²) in [5.41, 5.74) is 0.826. The molecule has 0 spiro atoms. The van der Waals surface area contributed by atoms with E-state index in [0.29, 0.717) is 0 Å². The second-order valence-electron chi connectivity index (χ2n) is 7.68. The molecule has 4 aromatic carbocycles. The fraction of sp³-hybridized carbons (Fsp3) is 0.111. The molecule has 0 aromatic heterocycles. The van der Waals surface area contributed by atoms with E-state index >= 15 is 0 Å². The zero-order chi connectivity index (χ0) is 21.1. The van der Waals surface area contributed by atoms with Crippen molar-refractivity contribution in [1.29, 1.82) is 0 Å². The molecule has 0 heterocycles. The van der Waals surface area contributed by atoms with Crippen LogP contribution in [0.25, 0.3) is 0 Å². The molecule has 0 unspecified atom stereocenters. The van der Waals surface area contributed by atoms with E-state index in [1.54, 1.807) is 0 Å². The van der Waals surface area contributed by atoms with Crippen molar-refractivity contribution in [3.63, 3.8) is 0 Å². The van der Waals surface area contributed by atoms with Crippen molar-refractivity contribution in [2.24, 2.45) is 0 Å². The van der Waals surface area contributed by atoms with Crippen LogP contribution in [0.4, 0.5) is 0 Å². The SMILES string of the molecule is C[C@H]([C@@H](O)c1ccccc1)P(Br)(c1ccccc1)(c1ccccc1)c1ccccc1. The molecule has 1 N–H and O–H groups in total. The molecule has 0 fully saturated rings. The minimum absolute atomic E-state index is 0.106. The van der Waals surface area contributed by atoms with Crippen LogP contribution >= 0.6 is 20.8 Å². The summed E-state index contributed by atoms with van der Waals surface area (Å²) in [5, 5.41) is 12.1. The quantitative estimate of drug-likeness (QED) is 0.341. The number of hydrogen-bond donors (Lipinski definition) is 1. The van der Waals surface area contributed by atoms with Gasteiger partial charge in [-0.25, -0.2) is 0 Å². The van der Waals surface area contributed by atoms with Crippen molar-refractivity contribution < 1.29 is 5.11 Å². The second kappa shape index (κ2) is 8.47. The van der Waals surface area contributed by atoms with Crippen molar-refractivity contribution in [3.05, 3.63) is 127 Å². The second-order valence-corrected chi connectivity index (χ2v) is 16.6. The van der Waals surface area contributed by atoms with Crippen LogP contribution in [-0.2, 0) is 0 Å². The Morgan fingerprint density at radius 2 is 0.867 bits per heavy atom.